The van der Waals surface area contributed by atoms with Crippen molar-refractivity contribution in [3.8, 4) is 0 Å². The molecule has 3 N–H and O–H groups in total. The summed E-state index contributed by atoms with van der Waals surface area (Å²) in [7, 11) is 0. The van der Waals surface area contributed by atoms with E-state index in [2.05, 4.69) is 5.32 Å². The molecule has 0 aliphatic carbocycles. The quantitative estimate of drug-likeness (QED) is 0.775. The number of nitrogens with zero attached hydrogens (tertiary/aromatic N) is 1. The molecule has 1 aromatic rings. The summed E-state index contributed by atoms with van der Waals surface area (Å²) in [4.78, 5) is 24.7. The van der Waals surface area contributed by atoms with Crippen LogP contribution in [0.4, 0.5) is 14.9 Å². The number of aliphatic hydroxyl groups is 1. The highest BCUT2D eigenvalue weighted by Gasteiger charge is 2.27. The molecule has 1 heterocycles. The van der Waals surface area contributed by atoms with E-state index in [0.717, 1.165) is 18.2 Å². The molecule has 2 rings (SSSR count). The van der Waals surface area contributed by atoms with Crippen molar-refractivity contribution >= 4 is 17.7 Å². The number of rotatable bonds is 2. The number of carboxylic acid groups (broad SMARTS) is 1. The number of carboxylic acids is 1. The molecule has 114 valence electrons. The summed E-state index contributed by atoms with van der Waals surface area (Å²) >= 11 is 0. The molecule has 1 aromatic carbocycles. The molecule has 1 aliphatic rings. The highest BCUT2D eigenvalue weighted by molar-refractivity contribution is 6.00. The largest absolute Gasteiger partial charge is 0.478 e. The first-order valence-corrected chi connectivity index (χ1v) is 6.65. The van der Waals surface area contributed by atoms with Crippen molar-refractivity contribution in [2.75, 3.05) is 18.4 Å². The van der Waals surface area contributed by atoms with Crippen LogP contribution in [0.25, 0.3) is 0 Å². The number of carbonyl (C=O) groups excluding carboxylic acids is 1. The van der Waals surface area contributed by atoms with Crippen molar-refractivity contribution in [2.24, 2.45) is 5.92 Å². The van der Waals surface area contributed by atoms with Gasteiger partial charge in [0.1, 0.15) is 5.82 Å². The Morgan fingerprint density at radius 3 is 2.76 bits per heavy atom. The normalized spacial score (nSPS) is 22.0. The van der Waals surface area contributed by atoms with E-state index in [0.29, 0.717) is 19.5 Å². The standard InChI is InChI=1S/C14H17FN2O4/c1-8-7-17(5-4-12(8)18)14(21)16-11-6-9(15)2-3-10(11)13(19)20/h2-3,6,8,12,18H,4-5,7H2,1H3,(H,16,21)(H,19,20). The van der Waals surface area contributed by atoms with Gasteiger partial charge in [-0.05, 0) is 30.5 Å². The van der Waals surface area contributed by atoms with Crippen molar-refractivity contribution in [1.29, 1.82) is 0 Å². The third-order valence-electron chi connectivity index (χ3n) is 3.60. The van der Waals surface area contributed by atoms with Gasteiger partial charge in [0.05, 0.1) is 17.4 Å². The highest BCUT2D eigenvalue weighted by Crippen LogP contribution is 2.20. The summed E-state index contributed by atoms with van der Waals surface area (Å²) in [5.41, 5.74) is -0.249. The number of aromatic carboxylic acids is 1. The average molecular weight is 296 g/mol. The third kappa shape index (κ3) is 3.49. The molecule has 1 saturated heterocycles. The summed E-state index contributed by atoms with van der Waals surface area (Å²) in [6.45, 7) is 2.56. The van der Waals surface area contributed by atoms with E-state index >= 15 is 0 Å². The molecule has 0 saturated carbocycles. The number of piperidine rings is 1. The molecule has 0 spiro atoms. The first-order valence-electron chi connectivity index (χ1n) is 6.65. The molecule has 21 heavy (non-hydrogen) atoms. The first kappa shape index (κ1) is 15.2. The van der Waals surface area contributed by atoms with Gasteiger partial charge in [-0.2, -0.15) is 0 Å². The smallest absolute Gasteiger partial charge is 0.337 e. The molecule has 6 nitrogen and oxygen atoms in total. The lowest BCUT2D eigenvalue weighted by atomic mass is 9.97. The SMILES string of the molecule is CC1CN(C(=O)Nc2cc(F)ccc2C(=O)O)CCC1O. The molecule has 2 amide bonds. The zero-order valence-electron chi connectivity index (χ0n) is 11.5. The van der Waals surface area contributed by atoms with E-state index < -0.39 is 23.9 Å². The summed E-state index contributed by atoms with van der Waals surface area (Å²) in [5.74, 6) is -1.93. The fourth-order valence-electron chi connectivity index (χ4n) is 2.32. The number of urea groups is 1. The van der Waals surface area contributed by atoms with Gasteiger partial charge in [0.15, 0.2) is 0 Å². The van der Waals surface area contributed by atoms with Gasteiger partial charge in [-0.15, -0.1) is 0 Å². The number of halogens is 1. The zero-order valence-corrected chi connectivity index (χ0v) is 11.5. The number of benzene rings is 1. The molecule has 0 aromatic heterocycles. The van der Waals surface area contributed by atoms with Crippen LogP contribution in [-0.4, -0.2) is 46.3 Å². The Labute approximate surface area is 121 Å². The van der Waals surface area contributed by atoms with Gasteiger partial charge in [-0.25, -0.2) is 14.0 Å². The summed E-state index contributed by atoms with van der Waals surface area (Å²) in [6, 6.07) is 2.61. The lowest BCUT2D eigenvalue weighted by molar-refractivity contribution is 0.0506. The number of carbonyl (C=O) groups is 2. The fourth-order valence-corrected chi connectivity index (χ4v) is 2.32. The van der Waals surface area contributed by atoms with Crippen LogP contribution in [0.15, 0.2) is 18.2 Å². The van der Waals surface area contributed by atoms with Gasteiger partial charge in [0.2, 0.25) is 0 Å². The van der Waals surface area contributed by atoms with Crippen LogP contribution in [0.2, 0.25) is 0 Å². The minimum Gasteiger partial charge on any atom is -0.478 e. The Balaban J connectivity index is 2.13. The highest BCUT2D eigenvalue weighted by atomic mass is 19.1. The van der Waals surface area contributed by atoms with E-state index in [1.807, 2.05) is 6.92 Å². The molecule has 1 fully saturated rings. The summed E-state index contributed by atoms with van der Waals surface area (Å²) in [5, 5.41) is 21.1. The second-order valence-corrected chi connectivity index (χ2v) is 5.20. The molecule has 2 unspecified atom stereocenters. The number of likely N-dealkylation sites (tertiary alicyclic amines) is 1. The Morgan fingerprint density at radius 2 is 2.14 bits per heavy atom. The Bertz CT molecular complexity index is 564. The van der Waals surface area contributed by atoms with Crippen LogP contribution in [0.1, 0.15) is 23.7 Å². The third-order valence-corrected chi connectivity index (χ3v) is 3.60. The molecule has 7 heteroatoms. The van der Waals surface area contributed by atoms with Crippen LogP contribution < -0.4 is 5.32 Å². The number of aliphatic hydroxyl groups excluding tert-OH is 1. The van der Waals surface area contributed by atoms with Crippen molar-refractivity contribution in [3.63, 3.8) is 0 Å². The molecular weight excluding hydrogens is 279 g/mol. The van der Waals surface area contributed by atoms with Gasteiger partial charge in [0, 0.05) is 13.1 Å². The molecule has 1 aliphatic heterocycles. The predicted molar refractivity (Wildman–Crippen MR) is 73.7 cm³/mol. The molecule has 2 atom stereocenters. The van der Waals surface area contributed by atoms with E-state index in [1.165, 1.54) is 4.90 Å². The maximum atomic E-state index is 13.2. The first-order chi connectivity index (χ1) is 9.88. The van der Waals surface area contributed by atoms with E-state index in [-0.39, 0.29) is 17.2 Å². The van der Waals surface area contributed by atoms with E-state index in [9.17, 15) is 19.1 Å². The lowest BCUT2D eigenvalue weighted by Crippen LogP contribution is -2.46. The predicted octanol–water partition coefficient (Wildman–Crippen LogP) is 1.76. The van der Waals surface area contributed by atoms with Crippen LogP contribution in [0.5, 0.6) is 0 Å². The van der Waals surface area contributed by atoms with Gasteiger partial charge in [-0.1, -0.05) is 6.92 Å². The van der Waals surface area contributed by atoms with Gasteiger partial charge in [-0.3, -0.25) is 0 Å². The second-order valence-electron chi connectivity index (χ2n) is 5.20. The maximum Gasteiger partial charge on any atom is 0.337 e. The average Bonchev–Trinajstić information content (AvgIpc) is 2.41. The molecule has 0 bridgehead atoms. The zero-order chi connectivity index (χ0) is 15.6. The minimum absolute atomic E-state index is 0.0593. The van der Waals surface area contributed by atoms with Crippen molar-refractivity contribution in [1.82, 2.24) is 4.90 Å². The van der Waals surface area contributed by atoms with Crippen LogP contribution in [0, 0.1) is 11.7 Å². The maximum absolute atomic E-state index is 13.2. The fraction of sp³-hybridized carbons (Fsp3) is 0.429. The topological polar surface area (TPSA) is 89.9 Å². The van der Waals surface area contributed by atoms with Gasteiger partial charge in [0.25, 0.3) is 0 Å². The lowest BCUT2D eigenvalue weighted by Gasteiger charge is -2.34. The van der Waals surface area contributed by atoms with E-state index in [1.54, 1.807) is 0 Å². The van der Waals surface area contributed by atoms with Crippen molar-refractivity contribution in [2.45, 2.75) is 19.4 Å². The second kappa shape index (κ2) is 6.09. The van der Waals surface area contributed by atoms with E-state index in [4.69, 9.17) is 5.11 Å². The number of nitrogens with one attached hydrogen (secondary N) is 1. The Morgan fingerprint density at radius 1 is 1.43 bits per heavy atom. The molecule has 0 radical (unpaired) electrons. The van der Waals surface area contributed by atoms with Gasteiger partial charge >= 0.3 is 12.0 Å². The summed E-state index contributed by atoms with van der Waals surface area (Å²) in [6.07, 6.45) is 0.0153. The number of amides is 2. The van der Waals surface area contributed by atoms with Crippen LogP contribution >= 0.6 is 0 Å². The van der Waals surface area contributed by atoms with Gasteiger partial charge < -0.3 is 20.4 Å². The number of hydrogen-bond donors (Lipinski definition) is 3. The Kier molecular flexibility index (Phi) is 4.42. The molecular formula is C14H17FN2O4. The van der Waals surface area contributed by atoms with Crippen molar-refractivity contribution in [3.05, 3.63) is 29.6 Å². The number of hydrogen-bond acceptors (Lipinski definition) is 3. The van der Waals surface area contributed by atoms with Crippen molar-refractivity contribution < 1.29 is 24.2 Å². The Hall–Kier alpha value is -2.15. The minimum atomic E-state index is -1.24. The van der Waals surface area contributed by atoms with Crippen LogP contribution in [-0.2, 0) is 0 Å². The summed E-state index contributed by atoms with van der Waals surface area (Å²) < 4.78 is 13.2. The number of anilines is 1. The van der Waals surface area contributed by atoms with Crippen LogP contribution in [0.3, 0.4) is 0 Å². The monoisotopic (exact) mass is 296 g/mol.